The summed E-state index contributed by atoms with van der Waals surface area (Å²) in [5.74, 6) is 0.502. The highest BCUT2D eigenvalue weighted by atomic mass is 16.5. The van der Waals surface area contributed by atoms with Crippen molar-refractivity contribution in [2.75, 3.05) is 7.11 Å². The number of hydrogen-bond donors (Lipinski definition) is 2. The Kier molecular flexibility index (Phi) is 6.54. The molecule has 1 aliphatic heterocycles. The molecule has 0 bridgehead atoms. The number of carbonyl (C=O) groups excluding carboxylic acids is 1. The van der Waals surface area contributed by atoms with Crippen molar-refractivity contribution in [3.05, 3.63) is 89.2 Å². The Morgan fingerprint density at radius 3 is 2.24 bits per heavy atom. The number of nitrogens with one attached hydrogen (secondary N) is 1. The van der Waals surface area contributed by atoms with Gasteiger partial charge in [-0.05, 0) is 30.5 Å². The highest BCUT2D eigenvalue weighted by Crippen LogP contribution is 2.38. The predicted molar refractivity (Wildman–Crippen MR) is 142 cm³/mol. The number of imidazole rings is 1. The molecule has 2 aromatic heterocycles. The van der Waals surface area contributed by atoms with Crippen LogP contribution < -0.4 is 10.1 Å². The predicted octanol–water partition coefficient (Wildman–Crippen LogP) is 3.69. The first kappa shape index (κ1) is 24.3. The van der Waals surface area contributed by atoms with E-state index in [0.29, 0.717) is 40.5 Å². The summed E-state index contributed by atoms with van der Waals surface area (Å²) >= 11 is 0. The molecule has 4 aromatic rings. The molecule has 0 saturated heterocycles. The number of amidine groups is 1. The van der Waals surface area contributed by atoms with Crippen molar-refractivity contribution in [3.8, 4) is 5.88 Å². The van der Waals surface area contributed by atoms with Crippen LogP contribution in [-0.2, 0) is 12.1 Å². The zero-order valence-corrected chi connectivity index (χ0v) is 20.9. The number of methoxy groups -OCH3 is 1. The summed E-state index contributed by atoms with van der Waals surface area (Å²) in [4.78, 5) is 31.2. The lowest BCUT2D eigenvalue weighted by Gasteiger charge is -2.29. The topological polar surface area (TPSA) is 114 Å². The van der Waals surface area contributed by atoms with Crippen LogP contribution in [0.3, 0.4) is 0 Å². The first-order valence-corrected chi connectivity index (χ1v) is 12.2. The van der Waals surface area contributed by atoms with E-state index in [1.165, 1.54) is 7.11 Å². The van der Waals surface area contributed by atoms with Crippen LogP contribution in [0.2, 0.25) is 0 Å². The van der Waals surface area contributed by atoms with Crippen LogP contribution in [0.25, 0.3) is 11.2 Å². The molecule has 0 aliphatic carbocycles. The average molecular weight is 497 g/mol. The minimum atomic E-state index is -1.56. The fourth-order valence-electron chi connectivity index (χ4n) is 4.56. The van der Waals surface area contributed by atoms with E-state index in [1.54, 1.807) is 12.3 Å². The summed E-state index contributed by atoms with van der Waals surface area (Å²) in [7, 11) is 1.45. The Balaban J connectivity index is 1.67. The molecule has 0 radical (unpaired) electrons. The van der Waals surface area contributed by atoms with E-state index in [-0.39, 0.29) is 17.6 Å². The van der Waals surface area contributed by atoms with Gasteiger partial charge in [0.1, 0.15) is 17.6 Å². The number of pyridine rings is 1. The Morgan fingerprint density at radius 2 is 1.70 bits per heavy atom. The van der Waals surface area contributed by atoms with Gasteiger partial charge in [0.05, 0.1) is 18.8 Å². The van der Waals surface area contributed by atoms with Gasteiger partial charge in [-0.25, -0.2) is 9.98 Å². The molecule has 9 heteroatoms. The SMILES string of the molecule is CCC1N=CC(NC(=O)c2cc3c(nc2OC)nc(C(O)(c2ccccc2)c2ccccc2)n3CC)=N1. The molecule has 0 spiro atoms. The maximum absolute atomic E-state index is 13.2. The Labute approximate surface area is 214 Å². The highest BCUT2D eigenvalue weighted by molar-refractivity contribution is 6.35. The highest BCUT2D eigenvalue weighted by Gasteiger charge is 2.39. The Morgan fingerprint density at radius 1 is 1.05 bits per heavy atom. The maximum atomic E-state index is 13.2. The van der Waals surface area contributed by atoms with Crippen LogP contribution in [0, 0.1) is 0 Å². The number of aliphatic hydroxyl groups is 1. The van der Waals surface area contributed by atoms with Gasteiger partial charge in [0, 0.05) is 6.54 Å². The monoisotopic (exact) mass is 496 g/mol. The lowest BCUT2D eigenvalue weighted by atomic mass is 9.85. The van der Waals surface area contributed by atoms with Crippen molar-refractivity contribution < 1.29 is 14.6 Å². The molecule has 0 fully saturated rings. The van der Waals surface area contributed by atoms with E-state index in [4.69, 9.17) is 9.72 Å². The van der Waals surface area contributed by atoms with Crippen molar-refractivity contribution in [2.24, 2.45) is 9.98 Å². The normalized spacial score (nSPS) is 15.1. The van der Waals surface area contributed by atoms with E-state index in [1.807, 2.05) is 79.1 Å². The van der Waals surface area contributed by atoms with Crippen LogP contribution in [0.5, 0.6) is 5.88 Å². The molecule has 3 heterocycles. The zero-order valence-electron chi connectivity index (χ0n) is 20.9. The third-order valence-corrected chi connectivity index (χ3v) is 6.43. The molecule has 9 nitrogen and oxygen atoms in total. The number of aliphatic imine (C=N–C) groups is 2. The van der Waals surface area contributed by atoms with Crippen LogP contribution >= 0.6 is 0 Å². The lowest BCUT2D eigenvalue weighted by molar-refractivity contribution is 0.0974. The molecular weight excluding hydrogens is 468 g/mol. The molecule has 5 rings (SSSR count). The number of ether oxygens (including phenoxy) is 1. The van der Waals surface area contributed by atoms with E-state index in [0.717, 1.165) is 6.42 Å². The number of rotatable bonds is 7. The van der Waals surface area contributed by atoms with E-state index < -0.39 is 11.5 Å². The van der Waals surface area contributed by atoms with Crippen molar-refractivity contribution in [1.82, 2.24) is 19.9 Å². The molecule has 1 aliphatic rings. The molecule has 2 aromatic carbocycles. The van der Waals surface area contributed by atoms with Crippen molar-refractivity contribution >= 4 is 29.1 Å². The van der Waals surface area contributed by atoms with Gasteiger partial charge in [-0.3, -0.25) is 9.79 Å². The van der Waals surface area contributed by atoms with Crippen LogP contribution in [-0.4, -0.2) is 50.9 Å². The summed E-state index contributed by atoms with van der Waals surface area (Å²) < 4.78 is 7.34. The third kappa shape index (κ3) is 4.27. The first-order chi connectivity index (χ1) is 18.0. The van der Waals surface area contributed by atoms with Gasteiger partial charge in [-0.15, -0.1) is 0 Å². The van der Waals surface area contributed by atoms with E-state index in [2.05, 4.69) is 20.3 Å². The summed E-state index contributed by atoms with van der Waals surface area (Å²) in [6.45, 7) is 4.42. The van der Waals surface area contributed by atoms with Crippen LogP contribution in [0.15, 0.2) is 76.7 Å². The van der Waals surface area contributed by atoms with E-state index in [9.17, 15) is 9.90 Å². The fourth-order valence-corrected chi connectivity index (χ4v) is 4.56. The average Bonchev–Trinajstić information content (AvgIpc) is 3.56. The molecule has 37 heavy (non-hydrogen) atoms. The third-order valence-electron chi connectivity index (χ3n) is 6.43. The molecular formula is C28H28N6O3. The zero-order chi connectivity index (χ0) is 26.0. The molecule has 1 amide bonds. The van der Waals surface area contributed by atoms with Gasteiger partial charge < -0.3 is 19.7 Å². The summed E-state index contributed by atoms with van der Waals surface area (Å²) in [6.07, 6.45) is 2.12. The van der Waals surface area contributed by atoms with Gasteiger partial charge in [0.15, 0.2) is 17.1 Å². The number of nitrogens with zero attached hydrogens (tertiary/aromatic N) is 5. The van der Waals surface area contributed by atoms with Gasteiger partial charge in [0.25, 0.3) is 5.91 Å². The summed E-state index contributed by atoms with van der Waals surface area (Å²) in [5.41, 5.74) is 0.970. The maximum Gasteiger partial charge on any atom is 0.262 e. The van der Waals surface area contributed by atoms with Gasteiger partial charge >= 0.3 is 0 Å². The minimum absolute atomic E-state index is 0.128. The van der Waals surface area contributed by atoms with Gasteiger partial charge in [-0.1, -0.05) is 67.6 Å². The van der Waals surface area contributed by atoms with Crippen LogP contribution in [0.4, 0.5) is 0 Å². The number of carbonyl (C=O) groups is 1. The minimum Gasteiger partial charge on any atom is -0.480 e. The standard InChI is InChI=1S/C28H28N6O3/c1-4-22-29-17-23(30-22)31-25(35)20-16-21-24(32-26(20)37-3)33-27(34(21)5-2)28(36,18-12-8-6-9-13-18)19-14-10-7-11-15-19/h6-17,22,36H,4-5H2,1-3H3,(H,30,31,35). The Hall–Kier alpha value is -4.37. The summed E-state index contributed by atoms with van der Waals surface area (Å²) in [5, 5.41) is 15.1. The fraction of sp³-hybridized carbons (Fsp3) is 0.250. The van der Waals surface area contributed by atoms with Gasteiger partial charge in [-0.2, -0.15) is 4.98 Å². The Bertz CT molecular complexity index is 1460. The quantitative estimate of drug-likeness (QED) is 0.405. The van der Waals surface area contributed by atoms with Crippen molar-refractivity contribution in [1.29, 1.82) is 0 Å². The van der Waals surface area contributed by atoms with Gasteiger partial charge in [0.2, 0.25) is 5.88 Å². The number of aryl methyl sites for hydroxylation is 1. The second kappa shape index (κ2) is 9.94. The molecule has 0 saturated carbocycles. The number of amides is 1. The van der Waals surface area contributed by atoms with Crippen molar-refractivity contribution in [3.63, 3.8) is 0 Å². The molecule has 1 unspecified atom stereocenters. The lowest BCUT2D eigenvalue weighted by Crippen LogP contribution is -2.32. The number of fused-ring (bicyclic) bond motifs is 1. The first-order valence-electron chi connectivity index (χ1n) is 12.2. The van der Waals surface area contributed by atoms with Crippen molar-refractivity contribution in [2.45, 2.75) is 38.6 Å². The summed E-state index contributed by atoms with van der Waals surface area (Å²) in [6, 6.07) is 20.5. The second-order valence-corrected chi connectivity index (χ2v) is 8.65. The number of benzene rings is 2. The largest absolute Gasteiger partial charge is 0.480 e. The second-order valence-electron chi connectivity index (χ2n) is 8.65. The molecule has 188 valence electrons. The van der Waals surface area contributed by atoms with E-state index >= 15 is 0 Å². The molecule has 2 N–H and O–H groups in total. The van der Waals surface area contributed by atoms with Crippen LogP contribution in [0.1, 0.15) is 47.6 Å². The number of hydrogen-bond acceptors (Lipinski definition) is 7. The number of aromatic nitrogens is 3. The smallest absolute Gasteiger partial charge is 0.262 e. The molecule has 1 atom stereocenters.